The molecule has 0 bridgehead atoms. The molecule has 3 rings (SSSR count). The second kappa shape index (κ2) is 8.80. The Morgan fingerprint density at radius 3 is 2.62 bits per heavy atom. The second-order valence-electron chi connectivity index (χ2n) is 5.84. The Morgan fingerprint density at radius 2 is 1.88 bits per heavy atom. The van der Waals surface area contributed by atoms with Crippen molar-refractivity contribution in [3.8, 4) is 17.1 Å². The quantitative estimate of drug-likeness (QED) is 0.661. The van der Waals surface area contributed by atoms with E-state index in [1.165, 1.54) is 0 Å². The van der Waals surface area contributed by atoms with Crippen LogP contribution in [-0.2, 0) is 11.2 Å². The summed E-state index contributed by atoms with van der Waals surface area (Å²) >= 11 is 0. The highest BCUT2D eigenvalue weighted by Gasteiger charge is 2.09. The number of nitrogens with one attached hydrogen (secondary N) is 1. The SMILES string of the molecule is CCCCc1nc(-c2ccc(OCC(=O)Nc3ccccc3)cc2)no1. The largest absolute Gasteiger partial charge is 0.484 e. The van der Waals surface area contributed by atoms with Crippen LogP contribution >= 0.6 is 0 Å². The van der Waals surface area contributed by atoms with E-state index in [-0.39, 0.29) is 12.5 Å². The van der Waals surface area contributed by atoms with Crippen molar-refractivity contribution in [3.05, 3.63) is 60.5 Å². The van der Waals surface area contributed by atoms with Crippen LogP contribution in [0.4, 0.5) is 5.69 Å². The fourth-order valence-corrected chi connectivity index (χ4v) is 2.37. The van der Waals surface area contributed by atoms with Crippen molar-refractivity contribution in [2.24, 2.45) is 0 Å². The zero-order valence-corrected chi connectivity index (χ0v) is 14.6. The van der Waals surface area contributed by atoms with E-state index in [4.69, 9.17) is 9.26 Å². The molecule has 1 amide bonds. The van der Waals surface area contributed by atoms with Crippen LogP contribution in [0.5, 0.6) is 5.75 Å². The summed E-state index contributed by atoms with van der Waals surface area (Å²) in [7, 11) is 0. The van der Waals surface area contributed by atoms with Crippen molar-refractivity contribution in [2.75, 3.05) is 11.9 Å². The number of nitrogens with zero attached hydrogens (tertiary/aromatic N) is 2. The Labute approximate surface area is 152 Å². The first kappa shape index (κ1) is 17.7. The molecule has 0 aliphatic carbocycles. The van der Waals surface area contributed by atoms with E-state index in [9.17, 15) is 4.79 Å². The van der Waals surface area contributed by atoms with Gasteiger partial charge in [0.1, 0.15) is 5.75 Å². The summed E-state index contributed by atoms with van der Waals surface area (Å²) in [5, 5.41) is 6.77. The summed E-state index contributed by atoms with van der Waals surface area (Å²) in [6, 6.07) is 16.5. The second-order valence-corrected chi connectivity index (χ2v) is 5.84. The van der Waals surface area contributed by atoms with Crippen LogP contribution in [0, 0.1) is 0 Å². The van der Waals surface area contributed by atoms with Crippen molar-refractivity contribution in [1.29, 1.82) is 0 Å². The van der Waals surface area contributed by atoms with Crippen LogP contribution < -0.4 is 10.1 Å². The van der Waals surface area contributed by atoms with Crippen LogP contribution in [0.1, 0.15) is 25.7 Å². The molecular formula is C20H21N3O3. The third-order valence-corrected chi connectivity index (χ3v) is 3.75. The van der Waals surface area contributed by atoms with Crippen molar-refractivity contribution < 1.29 is 14.1 Å². The molecule has 1 N–H and O–H groups in total. The first-order chi connectivity index (χ1) is 12.7. The molecule has 6 nitrogen and oxygen atoms in total. The van der Waals surface area contributed by atoms with E-state index in [0.717, 1.165) is 30.5 Å². The van der Waals surface area contributed by atoms with Gasteiger partial charge in [-0.1, -0.05) is 36.7 Å². The average molecular weight is 351 g/mol. The molecule has 0 radical (unpaired) electrons. The molecule has 26 heavy (non-hydrogen) atoms. The molecule has 1 heterocycles. The Bertz CT molecular complexity index is 829. The van der Waals surface area contributed by atoms with Gasteiger partial charge >= 0.3 is 0 Å². The van der Waals surface area contributed by atoms with Crippen LogP contribution in [0.2, 0.25) is 0 Å². The number of unbranched alkanes of at least 4 members (excludes halogenated alkanes) is 1. The predicted octanol–water partition coefficient (Wildman–Crippen LogP) is 4.10. The average Bonchev–Trinajstić information content (AvgIpc) is 3.15. The van der Waals surface area contributed by atoms with Gasteiger partial charge in [-0.05, 0) is 42.8 Å². The molecule has 1 aromatic heterocycles. The molecule has 0 unspecified atom stereocenters. The van der Waals surface area contributed by atoms with Gasteiger partial charge in [0.15, 0.2) is 6.61 Å². The first-order valence-corrected chi connectivity index (χ1v) is 8.65. The number of ether oxygens (including phenoxy) is 1. The number of carbonyl (C=O) groups is 1. The van der Waals surface area contributed by atoms with E-state index in [0.29, 0.717) is 17.5 Å². The number of hydrogen-bond donors (Lipinski definition) is 1. The van der Waals surface area contributed by atoms with Gasteiger partial charge in [-0.3, -0.25) is 4.79 Å². The number of hydrogen-bond acceptors (Lipinski definition) is 5. The summed E-state index contributed by atoms with van der Waals surface area (Å²) in [5.41, 5.74) is 1.59. The maximum atomic E-state index is 11.9. The van der Waals surface area contributed by atoms with E-state index in [1.54, 1.807) is 12.1 Å². The van der Waals surface area contributed by atoms with Crippen LogP contribution in [0.3, 0.4) is 0 Å². The van der Waals surface area contributed by atoms with Gasteiger partial charge in [0, 0.05) is 17.7 Å². The van der Waals surface area contributed by atoms with E-state index >= 15 is 0 Å². The number of amides is 1. The summed E-state index contributed by atoms with van der Waals surface area (Å²) in [5.74, 6) is 1.61. The van der Waals surface area contributed by atoms with E-state index < -0.39 is 0 Å². The molecule has 0 fully saturated rings. The lowest BCUT2D eigenvalue weighted by Gasteiger charge is -2.07. The highest BCUT2D eigenvalue weighted by molar-refractivity contribution is 5.91. The maximum absolute atomic E-state index is 11.9. The third-order valence-electron chi connectivity index (χ3n) is 3.75. The van der Waals surface area contributed by atoms with E-state index in [1.807, 2.05) is 42.5 Å². The Kier molecular flexibility index (Phi) is 5.98. The standard InChI is InChI=1S/C20H21N3O3/c1-2-3-9-19-22-20(23-26-19)15-10-12-17(13-11-15)25-14-18(24)21-16-7-5-4-6-8-16/h4-8,10-13H,2-3,9,14H2,1H3,(H,21,24). The number of benzene rings is 2. The van der Waals surface area contributed by atoms with Crippen LogP contribution in [0.15, 0.2) is 59.1 Å². The van der Waals surface area contributed by atoms with Crippen molar-refractivity contribution in [3.63, 3.8) is 0 Å². The predicted molar refractivity (Wildman–Crippen MR) is 98.9 cm³/mol. The molecule has 2 aromatic carbocycles. The van der Waals surface area contributed by atoms with Gasteiger partial charge < -0.3 is 14.6 Å². The molecule has 3 aromatic rings. The molecule has 134 valence electrons. The van der Waals surface area contributed by atoms with Crippen molar-refractivity contribution in [1.82, 2.24) is 10.1 Å². The monoisotopic (exact) mass is 351 g/mol. The minimum atomic E-state index is -0.209. The molecule has 0 spiro atoms. The maximum Gasteiger partial charge on any atom is 0.262 e. The number of para-hydroxylation sites is 1. The lowest BCUT2D eigenvalue weighted by atomic mass is 10.2. The number of aryl methyl sites for hydroxylation is 1. The molecule has 0 atom stereocenters. The smallest absolute Gasteiger partial charge is 0.262 e. The first-order valence-electron chi connectivity index (χ1n) is 8.65. The van der Waals surface area contributed by atoms with Gasteiger partial charge in [-0.15, -0.1) is 0 Å². The van der Waals surface area contributed by atoms with Crippen molar-refractivity contribution >= 4 is 11.6 Å². The summed E-state index contributed by atoms with van der Waals surface area (Å²) in [6.07, 6.45) is 2.91. The normalized spacial score (nSPS) is 10.5. The number of aromatic nitrogens is 2. The lowest BCUT2D eigenvalue weighted by molar-refractivity contribution is -0.118. The molecule has 0 saturated carbocycles. The van der Waals surface area contributed by atoms with Crippen LogP contribution in [0.25, 0.3) is 11.4 Å². The number of anilines is 1. The fraction of sp³-hybridized carbons (Fsp3) is 0.250. The van der Waals surface area contributed by atoms with Gasteiger partial charge in [-0.25, -0.2) is 0 Å². The molecule has 0 saturated heterocycles. The van der Waals surface area contributed by atoms with Gasteiger partial charge in [0.2, 0.25) is 11.7 Å². The van der Waals surface area contributed by atoms with Gasteiger partial charge in [0.05, 0.1) is 0 Å². The molecule has 0 aliphatic heterocycles. The van der Waals surface area contributed by atoms with Gasteiger partial charge in [0.25, 0.3) is 5.91 Å². The molecular weight excluding hydrogens is 330 g/mol. The summed E-state index contributed by atoms with van der Waals surface area (Å²) in [6.45, 7) is 2.06. The molecule has 0 aliphatic rings. The summed E-state index contributed by atoms with van der Waals surface area (Å²) < 4.78 is 10.8. The Hall–Kier alpha value is -3.15. The highest BCUT2D eigenvalue weighted by atomic mass is 16.5. The zero-order chi connectivity index (χ0) is 18.2. The molecule has 6 heteroatoms. The van der Waals surface area contributed by atoms with Gasteiger partial charge in [-0.2, -0.15) is 4.98 Å². The van der Waals surface area contributed by atoms with Crippen molar-refractivity contribution in [2.45, 2.75) is 26.2 Å². The minimum Gasteiger partial charge on any atom is -0.484 e. The Morgan fingerprint density at radius 1 is 1.12 bits per heavy atom. The third kappa shape index (κ3) is 4.92. The van der Waals surface area contributed by atoms with Crippen LogP contribution in [-0.4, -0.2) is 22.7 Å². The lowest BCUT2D eigenvalue weighted by Crippen LogP contribution is -2.20. The topological polar surface area (TPSA) is 77.2 Å². The Balaban J connectivity index is 1.52. The zero-order valence-electron chi connectivity index (χ0n) is 14.6. The summed E-state index contributed by atoms with van der Waals surface area (Å²) in [4.78, 5) is 16.3. The van der Waals surface area contributed by atoms with E-state index in [2.05, 4.69) is 22.4 Å². The fourth-order valence-electron chi connectivity index (χ4n) is 2.37. The minimum absolute atomic E-state index is 0.0579. The highest BCUT2D eigenvalue weighted by Crippen LogP contribution is 2.20. The number of carbonyl (C=O) groups excluding carboxylic acids is 1. The number of rotatable bonds is 8.